The third kappa shape index (κ3) is 15.5. The second kappa shape index (κ2) is 24.4. The van der Waals surface area contributed by atoms with Crippen LogP contribution in [0.1, 0.15) is 64.0 Å². The summed E-state index contributed by atoms with van der Waals surface area (Å²) in [6.07, 6.45) is 22.5. The van der Waals surface area contributed by atoms with Crippen LogP contribution in [-0.2, 0) is 11.2 Å². The van der Waals surface area contributed by atoms with E-state index in [9.17, 15) is 9.90 Å². The number of aliphatic hydroxyl groups excluding tert-OH is 1. The lowest BCUT2D eigenvalue weighted by Gasteiger charge is -2.16. The maximum absolute atomic E-state index is 12.8. The highest BCUT2D eigenvalue weighted by Crippen LogP contribution is 2.23. The van der Waals surface area contributed by atoms with Crippen molar-refractivity contribution >= 4 is 18.3 Å². The van der Waals surface area contributed by atoms with Gasteiger partial charge in [-0.2, -0.15) is 5.10 Å². The number of amides is 1. The molecule has 2 aromatic carbocycles. The lowest BCUT2D eigenvalue weighted by atomic mass is 9.91. The normalized spacial score (nSPS) is 12.2. The molecule has 1 amide bonds. The Morgan fingerprint density at radius 1 is 1.12 bits per heavy atom. The number of hydrogen-bond donors (Lipinski definition) is 2. The Morgan fingerprint density at radius 3 is 2.39 bits per heavy atom. The van der Waals surface area contributed by atoms with Crippen molar-refractivity contribution in [2.24, 2.45) is 10.1 Å². The number of allylic oxidation sites excluding steroid dienone is 5. The zero-order chi connectivity index (χ0) is 30.7. The van der Waals surface area contributed by atoms with Crippen LogP contribution >= 0.6 is 0 Å². The van der Waals surface area contributed by atoms with Gasteiger partial charge in [0, 0.05) is 18.9 Å². The van der Waals surface area contributed by atoms with E-state index in [1.165, 1.54) is 0 Å². The summed E-state index contributed by atoms with van der Waals surface area (Å²) in [6, 6.07) is 17.4. The number of benzene rings is 2. The van der Waals surface area contributed by atoms with Gasteiger partial charge in [0.25, 0.3) is 0 Å². The number of hydrogen-bond acceptors (Lipinski definition) is 5. The lowest BCUT2D eigenvalue weighted by Crippen LogP contribution is -2.26. The fourth-order valence-electron chi connectivity index (χ4n) is 3.43. The summed E-state index contributed by atoms with van der Waals surface area (Å²) in [5.74, 6) is 0.214. The van der Waals surface area contributed by atoms with Gasteiger partial charge in [-0.3, -0.25) is 9.79 Å². The molecular weight excluding hydrogens is 510 g/mol. The van der Waals surface area contributed by atoms with E-state index in [1.807, 2.05) is 101 Å². The molecule has 0 radical (unpaired) electrons. The van der Waals surface area contributed by atoms with Gasteiger partial charge in [-0.15, -0.1) is 12.8 Å². The number of rotatable bonds is 15. The number of terminal acetylenes is 1. The molecule has 0 fully saturated rings. The predicted molar refractivity (Wildman–Crippen MR) is 175 cm³/mol. The summed E-state index contributed by atoms with van der Waals surface area (Å²) in [5, 5.41) is 13.5. The first-order chi connectivity index (χ1) is 20.1. The molecule has 218 valence electrons. The van der Waals surface area contributed by atoms with Gasteiger partial charge < -0.3 is 9.84 Å². The lowest BCUT2D eigenvalue weighted by molar-refractivity contribution is -0.122. The third-order valence-corrected chi connectivity index (χ3v) is 5.50. The monoisotopic (exact) mass is 555 g/mol. The van der Waals surface area contributed by atoms with Gasteiger partial charge in [-0.25, -0.2) is 5.43 Å². The van der Waals surface area contributed by atoms with Crippen LogP contribution in [-0.4, -0.2) is 30.0 Å². The Morgan fingerprint density at radius 2 is 1.80 bits per heavy atom. The van der Waals surface area contributed by atoms with Crippen molar-refractivity contribution in [3.8, 4) is 18.6 Å². The average molecular weight is 556 g/mol. The standard InChI is InChI=1S/C31H37N3O3.C2H6.C2H2/c1-4-7-9-12-25(6-3)23-32-28(24-35)19-21-37-29-17-15-26(16-18-29)22-30(27-13-10-8-11-14-27)31(36)34-33-20-5-2;2*1-2/h4,6-11,13-18,20,23-24,30,35H,1,5,12,19,21-22H2,2-3H3,(H,34,36);1-2H3;1-2H/b9-7-,25-6+,28-24-,32-23+,33-20+;;. The van der Waals surface area contributed by atoms with Gasteiger partial charge >= 0.3 is 0 Å². The molecule has 0 bridgehead atoms. The van der Waals surface area contributed by atoms with Crippen LogP contribution in [0, 0.1) is 12.8 Å². The summed E-state index contributed by atoms with van der Waals surface area (Å²) in [4.78, 5) is 17.2. The second-order valence-corrected chi connectivity index (χ2v) is 8.22. The molecule has 6 heteroatoms. The number of ether oxygens (including phenoxy) is 1. The van der Waals surface area contributed by atoms with Gasteiger partial charge in [0.15, 0.2) is 0 Å². The molecule has 2 rings (SSSR count). The number of nitrogens with zero attached hydrogens (tertiary/aromatic N) is 2. The molecule has 6 nitrogen and oxygen atoms in total. The molecule has 41 heavy (non-hydrogen) atoms. The maximum atomic E-state index is 12.8. The van der Waals surface area contributed by atoms with E-state index in [-0.39, 0.29) is 11.8 Å². The van der Waals surface area contributed by atoms with Gasteiger partial charge in [-0.05, 0) is 55.0 Å². The highest BCUT2D eigenvalue weighted by molar-refractivity contribution is 5.84. The molecule has 0 heterocycles. The maximum Gasteiger partial charge on any atom is 0.247 e. The summed E-state index contributed by atoms with van der Waals surface area (Å²) < 4.78 is 5.85. The van der Waals surface area contributed by atoms with E-state index in [1.54, 1.807) is 18.5 Å². The van der Waals surface area contributed by atoms with Crippen molar-refractivity contribution in [1.29, 1.82) is 0 Å². The second-order valence-electron chi connectivity index (χ2n) is 8.22. The molecule has 0 aliphatic rings. The predicted octanol–water partition coefficient (Wildman–Crippen LogP) is 8.12. The topological polar surface area (TPSA) is 83.3 Å². The summed E-state index contributed by atoms with van der Waals surface area (Å²) in [7, 11) is 0. The minimum absolute atomic E-state index is 0.141. The number of aliphatic hydroxyl groups is 1. The molecule has 0 aromatic heterocycles. The number of nitrogens with one attached hydrogen (secondary N) is 1. The fraction of sp³-hybridized carbons (Fsp3) is 0.286. The van der Waals surface area contributed by atoms with Crippen LogP contribution in [0.4, 0.5) is 0 Å². The Kier molecular flexibility index (Phi) is 21.7. The molecule has 2 N–H and O–H groups in total. The van der Waals surface area contributed by atoms with Crippen LogP contribution in [0.15, 0.2) is 113 Å². The molecule has 0 saturated carbocycles. The first-order valence-electron chi connectivity index (χ1n) is 13.8. The first kappa shape index (κ1) is 36.4. The van der Waals surface area contributed by atoms with E-state index >= 15 is 0 Å². The Balaban J connectivity index is 0.00000382. The van der Waals surface area contributed by atoms with Crippen molar-refractivity contribution < 1.29 is 14.6 Å². The van der Waals surface area contributed by atoms with Crippen LogP contribution in [0.2, 0.25) is 0 Å². The average Bonchev–Trinajstić information content (AvgIpc) is 3.03. The molecule has 0 saturated heterocycles. The molecule has 2 aromatic rings. The Bertz CT molecular complexity index is 1160. The molecule has 1 unspecified atom stereocenters. The highest BCUT2D eigenvalue weighted by Gasteiger charge is 2.20. The van der Waals surface area contributed by atoms with E-state index in [4.69, 9.17) is 4.74 Å². The molecule has 0 spiro atoms. The van der Waals surface area contributed by atoms with E-state index in [0.717, 1.165) is 35.8 Å². The number of hydrazone groups is 1. The molecule has 0 aliphatic heterocycles. The molecule has 0 aliphatic carbocycles. The minimum Gasteiger partial charge on any atom is -0.514 e. The first-order valence-corrected chi connectivity index (χ1v) is 13.8. The highest BCUT2D eigenvalue weighted by atomic mass is 16.5. The quantitative estimate of drug-likeness (QED) is 0.0765. The van der Waals surface area contributed by atoms with E-state index in [0.29, 0.717) is 30.9 Å². The third-order valence-electron chi connectivity index (χ3n) is 5.50. The van der Waals surface area contributed by atoms with Crippen LogP contribution < -0.4 is 10.2 Å². The number of carbonyl (C=O) groups excluding carboxylic acids is 1. The Labute approximate surface area is 247 Å². The number of carbonyl (C=O) groups is 1. The van der Waals surface area contributed by atoms with Crippen LogP contribution in [0.25, 0.3) is 0 Å². The van der Waals surface area contributed by atoms with Gasteiger partial charge in [0.2, 0.25) is 5.91 Å². The van der Waals surface area contributed by atoms with Crippen molar-refractivity contribution in [3.05, 3.63) is 114 Å². The van der Waals surface area contributed by atoms with Crippen molar-refractivity contribution in [2.45, 2.75) is 59.3 Å². The fourth-order valence-corrected chi connectivity index (χ4v) is 3.43. The largest absolute Gasteiger partial charge is 0.514 e. The van der Waals surface area contributed by atoms with Crippen molar-refractivity contribution in [3.63, 3.8) is 0 Å². The zero-order valence-corrected chi connectivity index (χ0v) is 24.9. The summed E-state index contributed by atoms with van der Waals surface area (Å²) in [5.41, 5.74) is 6.17. The van der Waals surface area contributed by atoms with Crippen molar-refractivity contribution in [1.82, 2.24) is 5.43 Å². The minimum atomic E-state index is -0.355. The SMILES string of the molecule is C#C.C=C/C=C\CC(/C=N/C(=C\O)CCOc1ccc(CC(C(=O)N/N=C/CC)c2ccccc2)cc1)=C\C.CC. The van der Waals surface area contributed by atoms with Crippen LogP contribution in [0.5, 0.6) is 5.75 Å². The smallest absolute Gasteiger partial charge is 0.247 e. The summed E-state index contributed by atoms with van der Waals surface area (Å²) in [6.45, 7) is 11.9. The van der Waals surface area contributed by atoms with E-state index < -0.39 is 0 Å². The van der Waals surface area contributed by atoms with Gasteiger partial charge in [-0.1, -0.05) is 94.1 Å². The molecule has 1 atom stereocenters. The number of aliphatic imine (C=N–C) groups is 1. The van der Waals surface area contributed by atoms with Crippen LogP contribution in [0.3, 0.4) is 0 Å². The zero-order valence-electron chi connectivity index (χ0n) is 24.9. The molecular formula is C35H45N3O3. The summed E-state index contributed by atoms with van der Waals surface area (Å²) >= 11 is 0. The van der Waals surface area contributed by atoms with E-state index in [2.05, 4.69) is 34.9 Å². The van der Waals surface area contributed by atoms with Gasteiger partial charge in [0.1, 0.15) is 12.0 Å². The Hall–Kier alpha value is -4.63. The van der Waals surface area contributed by atoms with Crippen molar-refractivity contribution in [2.75, 3.05) is 6.61 Å². The van der Waals surface area contributed by atoms with Gasteiger partial charge in [0.05, 0.1) is 18.2 Å².